The normalized spacial score (nSPS) is 9.92. The SMILES string of the molecule is COC(=O)c1ccc(NC(=O)C(=O)NCc2ccc(Cl)cc2)cc1. The smallest absolute Gasteiger partial charge is 0.337 e. The van der Waals surface area contributed by atoms with Crippen molar-refractivity contribution < 1.29 is 19.1 Å². The van der Waals surface area contributed by atoms with Gasteiger partial charge in [0.2, 0.25) is 0 Å². The standard InChI is InChI=1S/C17H15ClN2O4/c1-24-17(23)12-4-8-14(9-5-12)20-16(22)15(21)19-10-11-2-6-13(18)7-3-11/h2-9H,10H2,1H3,(H,19,21)(H,20,22). The summed E-state index contributed by atoms with van der Waals surface area (Å²) in [6.45, 7) is 0.213. The number of ether oxygens (including phenoxy) is 1. The molecule has 124 valence electrons. The van der Waals surface area contributed by atoms with Gasteiger partial charge < -0.3 is 15.4 Å². The minimum Gasteiger partial charge on any atom is -0.465 e. The average Bonchev–Trinajstić information content (AvgIpc) is 2.60. The van der Waals surface area contributed by atoms with Gasteiger partial charge in [-0.3, -0.25) is 9.59 Å². The maximum Gasteiger partial charge on any atom is 0.337 e. The van der Waals surface area contributed by atoms with Crippen molar-refractivity contribution in [3.8, 4) is 0 Å². The highest BCUT2D eigenvalue weighted by molar-refractivity contribution is 6.39. The van der Waals surface area contributed by atoms with E-state index >= 15 is 0 Å². The molecule has 24 heavy (non-hydrogen) atoms. The van der Waals surface area contributed by atoms with Gasteiger partial charge >= 0.3 is 17.8 Å². The lowest BCUT2D eigenvalue weighted by Crippen LogP contribution is -2.34. The van der Waals surface area contributed by atoms with Gasteiger partial charge in [0.25, 0.3) is 0 Å². The number of nitrogens with one attached hydrogen (secondary N) is 2. The number of amides is 2. The summed E-state index contributed by atoms with van der Waals surface area (Å²) in [6.07, 6.45) is 0. The van der Waals surface area contributed by atoms with Crippen LogP contribution in [0.15, 0.2) is 48.5 Å². The molecule has 0 aromatic heterocycles. The highest BCUT2D eigenvalue weighted by atomic mass is 35.5. The van der Waals surface area contributed by atoms with Crippen LogP contribution in [-0.2, 0) is 20.9 Å². The van der Waals surface area contributed by atoms with Crippen LogP contribution in [0.25, 0.3) is 0 Å². The van der Waals surface area contributed by atoms with Crippen molar-refractivity contribution in [1.29, 1.82) is 0 Å². The summed E-state index contributed by atoms with van der Waals surface area (Å²) in [7, 11) is 1.28. The highest BCUT2D eigenvalue weighted by Crippen LogP contribution is 2.11. The average molecular weight is 347 g/mol. The van der Waals surface area contributed by atoms with Crippen LogP contribution in [0.3, 0.4) is 0 Å². The van der Waals surface area contributed by atoms with E-state index in [0.717, 1.165) is 5.56 Å². The summed E-state index contributed by atoms with van der Waals surface area (Å²) in [6, 6.07) is 12.9. The molecule has 2 amide bonds. The van der Waals surface area contributed by atoms with E-state index in [2.05, 4.69) is 15.4 Å². The fraction of sp³-hybridized carbons (Fsp3) is 0.118. The summed E-state index contributed by atoms with van der Waals surface area (Å²) in [5.41, 5.74) is 1.57. The number of hydrogen-bond acceptors (Lipinski definition) is 4. The summed E-state index contributed by atoms with van der Waals surface area (Å²) in [5.74, 6) is -2.04. The Hall–Kier alpha value is -2.86. The molecule has 0 bridgehead atoms. The van der Waals surface area contributed by atoms with Gasteiger partial charge in [0, 0.05) is 17.3 Å². The van der Waals surface area contributed by atoms with Crippen molar-refractivity contribution >= 4 is 35.1 Å². The number of carbonyl (C=O) groups excluding carboxylic acids is 3. The van der Waals surface area contributed by atoms with Crippen molar-refractivity contribution in [2.24, 2.45) is 0 Å². The molecule has 2 aromatic carbocycles. The van der Waals surface area contributed by atoms with Crippen molar-refractivity contribution in [2.75, 3.05) is 12.4 Å². The van der Waals surface area contributed by atoms with E-state index < -0.39 is 17.8 Å². The summed E-state index contributed by atoms with van der Waals surface area (Å²) < 4.78 is 4.58. The molecule has 0 atom stereocenters. The first-order chi connectivity index (χ1) is 11.5. The second-order valence-corrected chi connectivity index (χ2v) is 5.27. The van der Waals surface area contributed by atoms with Crippen LogP contribution < -0.4 is 10.6 Å². The van der Waals surface area contributed by atoms with Crippen LogP contribution in [0.1, 0.15) is 15.9 Å². The quantitative estimate of drug-likeness (QED) is 0.657. The number of benzene rings is 2. The molecule has 2 N–H and O–H groups in total. The Balaban J connectivity index is 1.88. The molecule has 0 aliphatic rings. The Kier molecular flexibility index (Phi) is 5.92. The van der Waals surface area contributed by atoms with Crippen molar-refractivity contribution in [1.82, 2.24) is 5.32 Å². The molecule has 7 heteroatoms. The maximum absolute atomic E-state index is 11.8. The molecule has 0 aliphatic heterocycles. The fourth-order valence-corrected chi connectivity index (χ4v) is 1.99. The van der Waals surface area contributed by atoms with Crippen LogP contribution in [0.4, 0.5) is 5.69 Å². The second kappa shape index (κ2) is 8.12. The number of carbonyl (C=O) groups is 3. The Labute approximate surface area is 143 Å². The zero-order valence-electron chi connectivity index (χ0n) is 12.8. The predicted molar refractivity (Wildman–Crippen MR) is 89.7 cm³/mol. The van der Waals surface area contributed by atoms with Gasteiger partial charge in [-0.15, -0.1) is 0 Å². The topological polar surface area (TPSA) is 84.5 Å². The van der Waals surface area contributed by atoms with Crippen LogP contribution in [0.2, 0.25) is 5.02 Å². The van der Waals surface area contributed by atoms with Crippen LogP contribution in [0, 0.1) is 0 Å². The van der Waals surface area contributed by atoms with E-state index in [4.69, 9.17) is 11.6 Å². The minimum atomic E-state index is -0.796. The lowest BCUT2D eigenvalue weighted by molar-refractivity contribution is -0.136. The number of esters is 1. The van der Waals surface area contributed by atoms with E-state index in [1.807, 2.05) is 0 Å². The molecule has 0 saturated heterocycles. The largest absolute Gasteiger partial charge is 0.465 e. The number of rotatable bonds is 4. The number of anilines is 1. The lowest BCUT2D eigenvalue weighted by atomic mass is 10.2. The van der Waals surface area contributed by atoms with E-state index in [0.29, 0.717) is 16.3 Å². The Morgan fingerprint density at radius 1 is 0.958 bits per heavy atom. The molecule has 2 aromatic rings. The monoisotopic (exact) mass is 346 g/mol. The van der Waals surface area contributed by atoms with Gasteiger partial charge in [-0.05, 0) is 42.0 Å². The molecule has 0 unspecified atom stereocenters. The predicted octanol–water partition coefficient (Wildman–Crippen LogP) is 2.38. The number of hydrogen-bond donors (Lipinski definition) is 2. The van der Waals surface area contributed by atoms with Crippen LogP contribution >= 0.6 is 11.6 Å². The van der Waals surface area contributed by atoms with E-state index in [-0.39, 0.29) is 6.54 Å². The van der Waals surface area contributed by atoms with Gasteiger partial charge in [0.1, 0.15) is 0 Å². The first-order valence-electron chi connectivity index (χ1n) is 7.01. The Morgan fingerprint density at radius 3 is 2.17 bits per heavy atom. The van der Waals surface area contributed by atoms with Crippen molar-refractivity contribution in [3.63, 3.8) is 0 Å². The fourth-order valence-electron chi connectivity index (χ4n) is 1.86. The Morgan fingerprint density at radius 2 is 1.58 bits per heavy atom. The molecule has 0 radical (unpaired) electrons. The van der Waals surface area contributed by atoms with Crippen molar-refractivity contribution in [2.45, 2.75) is 6.54 Å². The molecule has 0 fully saturated rings. The van der Waals surface area contributed by atoms with Gasteiger partial charge in [0.05, 0.1) is 12.7 Å². The third-order valence-electron chi connectivity index (χ3n) is 3.14. The van der Waals surface area contributed by atoms with Gasteiger partial charge in [-0.1, -0.05) is 23.7 Å². The van der Waals surface area contributed by atoms with E-state index in [1.165, 1.54) is 31.4 Å². The molecule has 6 nitrogen and oxygen atoms in total. The first kappa shape index (κ1) is 17.5. The number of halogens is 1. The van der Waals surface area contributed by atoms with Crippen molar-refractivity contribution in [3.05, 3.63) is 64.7 Å². The van der Waals surface area contributed by atoms with Crippen LogP contribution in [0.5, 0.6) is 0 Å². The third kappa shape index (κ3) is 4.82. The van der Waals surface area contributed by atoms with Gasteiger partial charge in [-0.25, -0.2) is 4.79 Å². The van der Waals surface area contributed by atoms with Gasteiger partial charge in [-0.2, -0.15) is 0 Å². The molecule has 0 saturated carbocycles. The number of methoxy groups -OCH3 is 1. The molecular formula is C17H15ClN2O4. The zero-order valence-corrected chi connectivity index (χ0v) is 13.6. The summed E-state index contributed by atoms with van der Waals surface area (Å²) in [5, 5.41) is 5.55. The first-order valence-corrected chi connectivity index (χ1v) is 7.39. The lowest BCUT2D eigenvalue weighted by Gasteiger charge is -2.07. The van der Waals surface area contributed by atoms with E-state index in [9.17, 15) is 14.4 Å². The molecule has 0 aliphatic carbocycles. The maximum atomic E-state index is 11.8. The molecule has 0 heterocycles. The Bertz CT molecular complexity index is 742. The zero-order chi connectivity index (χ0) is 17.5. The molecule has 0 spiro atoms. The second-order valence-electron chi connectivity index (χ2n) is 4.83. The van der Waals surface area contributed by atoms with Crippen LogP contribution in [-0.4, -0.2) is 24.9 Å². The summed E-state index contributed by atoms with van der Waals surface area (Å²) in [4.78, 5) is 34.9. The van der Waals surface area contributed by atoms with E-state index in [1.54, 1.807) is 24.3 Å². The molecular weight excluding hydrogens is 332 g/mol. The summed E-state index contributed by atoms with van der Waals surface area (Å²) >= 11 is 5.77. The highest BCUT2D eigenvalue weighted by Gasteiger charge is 2.13. The third-order valence-corrected chi connectivity index (χ3v) is 3.39. The molecule has 2 rings (SSSR count). The minimum absolute atomic E-state index is 0.213. The van der Waals surface area contributed by atoms with Gasteiger partial charge in [0.15, 0.2) is 0 Å².